The molecule has 7 nitrogen and oxygen atoms in total. The monoisotopic (exact) mass is 663 g/mol. The predicted molar refractivity (Wildman–Crippen MR) is 177 cm³/mol. The van der Waals surface area contributed by atoms with E-state index in [-0.39, 0.29) is 31.3 Å². The fourth-order valence-electron chi connectivity index (χ4n) is 5.65. The molecular formula is C35H32Cl3N3O4. The topological polar surface area (TPSA) is 85.6 Å². The molecule has 232 valence electrons. The summed E-state index contributed by atoms with van der Waals surface area (Å²) in [6.45, 7) is 2.99. The molecule has 0 unspecified atom stereocenters. The molecule has 10 heteroatoms. The van der Waals surface area contributed by atoms with Crippen LogP contribution < -0.4 is 5.32 Å². The Hall–Kier alpha value is -3.43. The van der Waals surface area contributed by atoms with Crippen LogP contribution >= 0.6 is 34.8 Å². The molecule has 4 atom stereocenters. The minimum Gasteiger partial charge on any atom is -0.392 e. The molecule has 0 radical (unpaired) electrons. The molecule has 1 aromatic heterocycles. The van der Waals surface area contributed by atoms with E-state index in [1.807, 2.05) is 97.3 Å². The summed E-state index contributed by atoms with van der Waals surface area (Å²) in [7, 11) is 0. The fourth-order valence-corrected chi connectivity index (χ4v) is 5.85. The summed E-state index contributed by atoms with van der Waals surface area (Å²) >= 11 is 17.0. The Morgan fingerprint density at radius 1 is 0.889 bits per heavy atom. The van der Waals surface area contributed by atoms with E-state index >= 15 is 0 Å². The van der Waals surface area contributed by atoms with E-state index in [0.717, 1.165) is 44.4 Å². The Kier molecular flexibility index (Phi) is 9.47. The van der Waals surface area contributed by atoms with Gasteiger partial charge in [-0.1, -0.05) is 121 Å². The SMILES string of the molecule is C[C@@H]1[C@H](Cn2cnc3ccccc32)O[C@H](c2ccc(-c3cccc(CNC(=O)C(Cl)(Cl)Cl)c3)cc2)O[C@@H]1c1ccc(CO)cc1. The molecular weight excluding hydrogens is 633 g/mol. The maximum Gasteiger partial charge on any atom is 0.272 e. The van der Waals surface area contributed by atoms with Gasteiger partial charge < -0.3 is 24.5 Å². The molecule has 45 heavy (non-hydrogen) atoms. The predicted octanol–water partition coefficient (Wildman–Crippen LogP) is 7.67. The molecule has 6 rings (SSSR count). The van der Waals surface area contributed by atoms with Gasteiger partial charge in [-0.2, -0.15) is 0 Å². The first-order chi connectivity index (χ1) is 21.7. The van der Waals surface area contributed by atoms with Crippen LogP contribution in [0.3, 0.4) is 0 Å². The van der Waals surface area contributed by atoms with Gasteiger partial charge in [0, 0.05) is 18.0 Å². The molecule has 0 spiro atoms. The number of carbonyl (C=O) groups excluding carboxylic acids is 1. The Labute approximate surface area is 276 Å². The van der Waals surface area contributed by atoms with Gasteiger partial charge in [0.15, 0.2) is 6.29 Å². The zero-order valence-corrected chi connectivity index (χ0v) is 26.7. The molecule has 0 aliphatic carbocycles. The second-order valence-corrected chi connectivity index (χ2v) is 13.5. The van der Waals surface area contributed by atoms with Crippen LogP contribution in [-0.2, 0) is 34.0 Å². The van der Waals surface area contributed by atoms with Gasteiger partial charge in [-0.15, -0.1) is 0 Å². The number of amides is 1. The highest BCUT2D eigenvalue weighted by Gasteiger charge is 2.38. The lowest BCUT2D eigenvalue weighted by molar-refractivity contribution is -0.276. The third-order valence-electron chi connectivity index (χ3n) is 8.18. The molecule has 2 heterocycles. The Morgan fingerprint density at radius 3 is 2.36 bits per heavy atom. The minimum absolute atomic E-state index is 0.0116. The van der Waals surface area contributed by atoms with Crippen LogP contribution in [0, 0.1) is 5.92 Å². The fraction of sp³-hybridized carbons (Fsp3) is 0.257. The summed E-state index contributed by atoms with van der Waals surface area (Å²) in [5.74, 6) is -0.641. The molecule has 4 aromatic carbocycles. The van der Waals surface area contributed by atoms with Crippen molar-refractivity contribution in [1.82, 2.24) is 14.9 Å². The standard InChI is InChI=1S/C35H32Cl3N3O4/c1-22-31(19-41-21-40-29-7-2-3-8-30(29)41)44-33(45-32(22)26-11-9-23(20-42)10-12-26)27-15-13-25(14-16-27)28-6-4-5-24(17-28)18-39-34(43)35(36,37)38/h2-17,21-22,31-33,42H,18-20H2,1H3,(H,39,43)/t22-,31+,32+,33+/m1/s1. The molecule has 0 saturated carbocycles. The molecule has 0 bridgehead atoms. The number of para-hydroxylation sites is 2. The largest absolute Gasteiger partial charge is 0.392 e. The minimum atomic E-state index is -2.01. The number of imidazole rings is 1. The number of halogens is 3. The lowest BCUT2D eigenvalue weighted by Gasteiger charge is -2.41. The van der Waals surface area contributed by atoms with Crippen LogP contribution in [0.25, 0.3) is 22.2 Å². The van der Waals surface area contributed by atoms with Crippen molar-refractivity contribution in [2.45, 2.75) is 48.9 Å². The van der Waals surface area contributed by atoms with Crippen LogP contribution in [0.5, 0.6) is 0 Å². The first-order valence-corrected chi connectivity index (χ1v) is 15.8. The summed E-state index contributed by atoms with van der Waals surface area (Å²) < 4.78 is 13.4. The highest BCUT2D eigenvalue weighted by molar-refractivity contribution is 6.76. The number of aromatic nitrogens is 2. The number of ether oxygens (including phenoxy) is 2. The van der Waals surface area contributed by atoms with E-state index in [1.165, 1.54) is 0 Å². The third-order valence-corrected chi connectivity index (χ3v) is 8.70. The quantitative estimate of drug-likeness (QED) is 0.166. The summed E-state index contributed by atoms with van der Waals surface area (Å²) in [6, 6.07) is 31.9. The smallest absolute Gasteiger partial charge is 0.272 e. The van der Waals surface area contributed by atoms with Crippen LogP contribution in [0.1, 0.15) is 41.6 Å². The van der Waals surface area contributed by atoms with E-state index in [1.54, 1.807) is 0 Å². The van der Waals surface area contributed by atoms with Gasteiger partial charge in [0.2, 0.25) is 0 Å². The van der Waals surface area contributed by atoms with Crippen LogP contribution in [0.15, 0.2) is 103 Å². The first-order valence-electron chi connectivity index (χ1n) is 14.6. The van der Waals surface area contributed by atoms with Crippen LogP contribution in [-0.4, -0.2) is 30.5 Å². The summed E-state index contributed by atoms with van der Waals surface area (Å²) in [6.07, 6.45) is 0.877. The van der Waals surface area contributed by atoms with Crippen molar-refractivity contribution in [3.05, 3.63) is 126 Å². The van der Waals surface area contributed by atoms with Crippen molar-refractivity contribution in [1.29, 1.82) is 0 Å². The average Bonchev–Trinajstić information content (AvgIpc) is 3.47. The normalized spacial score (nSPS) is 20.3. The number of carbonyl (C=O) groups is 1. The number of aliphatic hydroxyl groups is 1. The van der Waals surface area contributed by atoms with Gasteiger partial charge in [-0.3, -0.25) is 4.79 Å². The van der Waals surface area contributed by atoms with Gasteiger partial charge in [0.25, 0.3) is 9.70 Å². The molecule has 2 N–H and O–H groups in total. The van der Waals surface area contributed by atoms with Crippen molar-refractivity contribution in [2.24, 2.45) is 5.92 Å². The Balaban J connectivity index is 1.24. The van der Waals surface area contributed by atoms with Crippen molar-refractivity contribution in [3.8, 4) is 11.1 Å². The number of nitrogens with one attached hydrogen (secondary N) is 1. The number of hydrogen-bond donors (Lipinski definition) is 2. The third kappa shape index (κ3) is 7.20. The van der Waals surface area contributed by atoms with Crippen LogP contribution in [0.4, 0.5) is 0 Å². The number of nitrogens with zero attached hydrogens (tertiary/aromatic N) is 2. The Bertz CT molecular complexity index is 1770. The second kappa shape index (κ2) is 13.5. The van der Waals surface area contributed by atoms with Gasteiger partial charge >= 0.3 is 0 Å². The first kappa shape index (κ1) is 31.5. The van der Waals surface area contributed by atoms with Gasteiger partial charge in [-0.05, 0) is 46.0 Å². The summed E-state index contributed by atoms with van der Waals surface area (Å²) in [5.41, 5.74) is 7.62. The molecule has 5 aromatic rings. The maximum absolute atomic E-state index is 12.0. The highest BCUT2D eigenvalue weighted by atomic mass is 35.6. The van der Waals surface area contributed by atoms with Gasteiger partial charge in [0.05, 0.1) is 42.7 Å². The van der Waals surface area contributed by atoms with E-state index in [4.69, 9.17) is 44.3 Å². The van der Waals surface area contributed by atoms with E-state index in [0.29, 0.717) is 6.54 Å². The van der Waals surface area contributed by atoms with Crippen molar-refractivity contribution in [3.63, 3.8) is 0 Å². The zero-order valence-electron chi connectivity index (χ0n) is 24.4. The van der Waals surface area contributed by atoms with Crippen molar-refractivity contribution < 1.29 is 19.4 Å². The summed E-state index contributed by atoms with van der Waals surface area (Å²) in [4.78, 5) is 16.5. The Morgan fingerprint density at radius 2 is 1.62 bits per heavy atom. The lowest BCUT2D eigenvalue weighted by Crippen LogP contribution is -2.39. The zero-order chi connectivity index (χ0) is 31.6. The summed E-state index contributed by atoms with van der Waals surface area (Å²) in [5, 5.41) is 12.2. The van der Waals surface area contributed by atoms with E-state index in [9.17, 15) is 9.90 Å². The highest BCUT2D eigenvalue weighted by Crippen LogP contribution is 2.42. The molecule has 1 aliphatic rings. The number of hydrogen-bond acceptors (Lipinski definition) is 5. The molecule has 1 fully saturated rings. The average molecular weight is 665 g/mol. The number of rotatable bonds is 8. The second-order valence-electron chi connectivity index (χ2n) is 11.2. The lowest BCUT2D eigenvalue weighted by atomic mass is 9.90. The van der Waals surface area contributed by atoms with Gasteiger partial charge in [0.1, 0.15) is 0 Å². The van der Waals surface area contributed by atoms with Crippen molar-refractivity contribution >= 4 is 51.7 Å². The number of benzene rings is 4. The van der Waals surface area contributed by atoms with Gasteiger partial charge in [-0.25, -0.2) is 4.98 Å². The molecule has 1 saturated heterocycles. The number of fused-ring (bicyclic) bond motifs is 1. The maximum atomic E-state index is 12.0. The number of alkyl halides is 3. The van der Waals surface area contributed by atoms with Crippen molar-refractivity contribution in [2.75, 3.05) is 0 Å². The van der Waals surface area contributed by atoms with Crippen LogP contribution in [0.2, 0.25) is 0 Å². The molecule has 1 aliphatic heterocycles. The van der Waals surface area contributed by atoms with E-state index < -0.39 is 16.0 Å². The molecule has 1 amide bonds. The number of aliphatic hydroxyl groups excluding tert-OH is 1. The van der Waals surface area contributed by atoms with E-state index in [2.05, 4.69) is 27.9 Å².